The van der Waals surface area contributed by atoms with Gasteiger partial charge in [-0.2, -0.15) is 0 Å². The van der Waals surface area contributed by atoms with E-state index < -0.39 is 0 Å². The van der Waals surface area contributed by atoms with Crippen molar-refractivity contribution in [2.24, 2.45) is 0 Å². The maximum absolute atomic E-state index is 12.1. The zero-order valence-electron chi connectivity index (χ0n) is 13.0. The van der Waals surface area contributed by atoms with Gasteiger partial charge >= 0.3 is 0 Å². The summed E-state index contributed by atoms with van der Waals surface area (Å²) in [5.41, 5.74) is 1.93. The smallest absolute Gasteiger partial charge is 0.275 e. The van der Waals surface area contributed by atoms with Crippen molar-refractivity contribution in [1.29, 1.82) is 0 Å². The van der Waals surface area contributed by atoms with Crippen molar-refractivity contribution in [2.45, 2.75) is 6.54 Å². The molecule has 0 aliphatic carbocycles. The molecule has 1 aromatic heterocycles. The van der Waals surface area contributed by atoms with E-state index in [1.165, 1.54) is 12.4 Å². The fourth-order valence-corrected chi connectivity index (χ4v) is 2.31. The van der Waals surface area contributed by atoms with Crippen molar-refractivity contribution in [3.05, 3.63) is 82.2 Å². The number of carbonyl (C=O) groups is 1. The Balaban J connectivity index is 1.58. The van der Waals surface area contributed by atoms with Gasteiger partial charge in [0.15, 0.2) is 0 Å². The fourth-order valence-electron chi connectivity index (χ4n) is 2.06. The van der Waals surface area contributed by atoms with Gasteiger partial charge in [0.25, 0.3) is 5.91 Å². The van der Waals surface area contributed by atoms with Crippen LogP contribution >= 0.6 is 23.2 Å². The van der Waals surface area contributed by atoms with E-state index in [2.05, 4.69) is 20.6 Å². The molecule has 0 bridgehead atoms. The van der Waals surface area contributed by atoms with Crippen LogP contribution in [0.25, 0.3) is 0 Å². The highest BCUT2D eigenvalue weighted by molar-refractivity contribution is 6.30. The van der Waals surface area contributed by atoms with Crippen LogP contribution in [0.15, 0.2) is 60.9 Å². The molecule has 7 heteroatoms. The van der Waals surface area contributed by atoms with E-state index in [-0.39, 0.29) is 11.6 Å². The first kappa shape index (κ1) is 17.2. The van der Waals surface area contributed by atoms with Crippen molar-refractivity contribution < 1.29 is 4.79 Å². The lowest BCUT2D eigenvalue weighted by atomic mass is 10.2. The average Bonchev–Trinajstić information content (AvgIpc) is 2.63. The molecule has 1 amide bonds. The molecule has 3 rings (SSSR count). The molecule has 0 saturated heterocycles. The Bertz CT molecular complexity index is 850. The molecule has 2 N–H and O–H groups in total. The monoisotopic (exact) mass is 372 g/mol. The summed E-state index contributed by atoms with van der Waals surface area (Å²) < 4.78 is 0. The van der Waals surface area contributed by atoms with E-state index >= 15 is 0 Å². The highest BCUT2D eigenvalue weighted by atomic mass is 35.5. The number of hydrogen-bond acceptors (Lipinski definition) is 4. The number of carbonyl (C=O) groups excluding carboxylic acids is 1. The number of nitrogens with one attached hydrogen (secondary N) is 2. The van der Waals surface area contributed by atoms with E-state index in [0.29, 0.717) is 28.1 Å². The van der Waals surface area contributed by atoms with Gasteiger partial charge < -0.3 is 10.6 Å². The van der Waals surface area contributed by atoms with E-state index in [4.69, 9.17) is 23.2 Å². The number of amides is 1. The van der Waals surface area contributed by atoms with Crippen LogP contribution in [-0.2, 0) is 6.54 Å². The largest absolute Gasteiger partial charge is 0.365 e. The third-order valence-corrected chi connectivity index (χ3v) is 3.88. The van der Waals surface area contributed by atoms with Gasteiger partial charge in [-0.15, -0.1) is 0 Å². The summed E-state index contributed by atoms with van der Waals surface area (Å²) in [6, 6.07) is 14.3. The third-order valence-electron chi connectivity index (χ3n) is 3.37. The standard InChI is InChI=1S/C18H14Cl2N4O/c19-13-3-1-12(2-4-13)9-22-17-11-21-16(10-23-17)18(25)24-15-7-5-14(20)6-8-15/h1-8,10-11H,9H2,(H,22,23)(H,24,25). The Morgan fingerprint density at radius 3 is 2.12 bits per heavy atom. The minimum atomic E-state index is -0.334. The van der Waals surface area contributed by atoms with E-state index in [1.807, 2.05) is 24.3 Å². The Hall–Kier alpha value is -2.63. The predicted octanol–water partition coefficient (Wildman–Crippen LogP) is 4.65. The molecule has 0 atom stereocenters. The summed E-state index contributed by atoms with van der Waals surface area (Å²) in [6.07, 6.45) is 2.95. The first-order valence-electron chi connectivity index (χ1n) is 7.47. The molecule has 126 valence electrons. The topological polar surface area (TPSA) is 66.9 Å². The highest BCUT2D eigenvalue weighted by Crippen LogP contribution is 2.14. The quantitative estimate of drug-likeness (QED) is 0.683. The Labute approximate surface area is 155 Å². The highest BCUT2D eigenvalue weighted by Gasteiger charge is 2.08. The molecule has 2 aromatic carbocycles. The third kappa shape index (κ3) is 4.92. The first-order valence-corrected chi connectivity index (χ1v) is 8.23. The van der Waals surface area contributed by atoms with Crippen molar-refractivity contribution >= 4 is 40.6 Å². The van der Waals surface area contributed by atoms with Crippen LogP contribution < -0.4 is 10.6 Å². The molecule has 0 unspecified atom stereocenters. The van der Waals surface area contributed by atoms with Gasteiger partial charge in [0, 0.05) is 22.3 Å². The number of halogens is 2. The van der Waals surface area contributed by atoms with E-state index in [1.54, 1.807) is 24.3 Å². The number of rotatable bonds is 5. The fraction of sp³-hybridized carbons (Fsp3) is 0.0556. The summed E-state index contributed by atoms with van der Waals surface area (Å²) in [5.74, 6) is 0.247. The van der Waals surface area contributed by atoms with Crippen LogP contribution in [0.2, 0.25) is 10.0 Å². The molecule has 1 heterocycles. The van der Waals surface area contributed by atoms with Crippen molar-refractivity contribution in [2.75, 3.05) is 10.6 Å². The summed E-state index contributed by atoms with van der Waals surface area (Å²) in [7, 11) is 0. The number of aromatic nitrogens is 2. The summed E-state index contributed by atoms with van der Waals surface area (Å²) in [6.45, 7) is 0.585. The van der Waals surface area contributed by atoms with Crippen molar-refractivity contribution in [1.82, 2.24) is 9.97 Å². The molecule has 0 spiro atoms. The molecule has 0 radical (unpaired) electrons. The molecule has 3 aromatic rings. The van der Waals surface area contributed by atoms with Gasteiger partial charge in [0.2, 0.25) is 0 Å². The van der Waals surface area contributed by atoms with Crippen molar-refractivity contribution in [3.8, 4) is 0 Å². The molecular formula is C18H14Cl2N4O. The Morgan fingerprint density at radius 1 is 0.880 bits per heavy atom. The normalized spacial score (nSPS) is 10.3. The lowest BCUT2D eigenvalue weighted by Crippen LogP contribution is -2.14. The zero-order chi connectivity index (χ0) is 17.6. The summed E-state index contributed by atoms with van der Waals surface area (Å²) in [4.78, 5) is 20.5. The number of hydrogen-bond donors (Lipinski definition) is 2. The summed E-state index contributed by atoms with van der Waals surface area (Å²) >= 11 is 11.7. The number of benzene rings is 2. The number of nitrogens with zero attached hydrogens (tertiary/aromatic N) is 2. The molecule has 0 fully saturated rings. The zero-order valence-corrected chi connectivity index (χ0v) is 14.6. The second-order valence-electron chi connectivity index (χ2n) is 5.23. The minimum absolute atomic E-state index is 0.229. The van der Waals surface area contributed by atoms with Gasteiger partial charge in [0.1, 0.15) is 11.5 Å². The van der Waals surface area contributed by atoms with Crippen LogP contribution in [0, 0.1) is 0 Å². The van der Waals surface area contributed by atoms with Crippen LogP contribution in [0.4, 0.5) is 11.5 Å². The maximum atomic E-state index is 12.1. The average molecular weight is 373 g/mol. The lowest BCUT2D eigenvalue weighted by Gasteiger charge is -2.07. The van der Waals surface area contributed by atoms with Crippen LogP contribution in [0.5, 0.6) is 0 Å². The van der Waals surface area contributed by atoms with Gasteiger partial charge in [-0.05, 0) is 42.0 Å². The van der Waals surface area contributed by atoms with Crippen LogP contribution in [-0.4, -0.2) is 15.9 Å². The lowest BCUT2D eigenvalue weighted by molar-refractivity contribution is 0.102. The Kier molecular flexibility index (Phi) is 5.48. The predicted molar refractivity (Wildman–Crippen MR) is 100 cm³/mol. The van der Waals surface area contributed by atoms with E-state index in [9.17, 15) is 4.79 Å². The molecule has 0 aliphatic rings. The molecule has 25 heavy (non-hydrogen) atoms. The van der Waals surface area contributed by atoms with Gasteiger partial charge in [-0.25, -0.2) is 9.97 Å². The maximum Gasteiger partial charge on any atom is 0.275 e. The first-order chi connectivity index (χ1) is 12.1. The van der Waals surface area contributed by atoms with Gasteiger partial charge in [-0.1, -0.05) is 35.3 Å². The van der Waals surface area contributed by atoms with Crippen LogP contribution in [0.3, 0.4) is 0 Å². The van der Waals surface area contributed by atoms with E-state index in [0.717, 1.165) is 5.56 Å². The van der Waals surface area contributed by atoms with Gasteiger partial charge in [-0.3, -0.25) is 4.79 Å². The molecule has 0 saturated carbocycles. The minimum Gasteiger partial charge on any atom is -0.365 e. The second kappa shape index (κ2) is 7.96. The van der Waals surface area contributed by atoms with Gasteiger partial charge in [0.05, 0.1) is 12.4 Å². The second-order valence-corrected chi connectivity index (χ2v) is 6.10. The molecule has 5 nitrogen and oxygen atoms in total. The molecular weight excluding hydrogens is 359 g/mol. The number of anilines is 2. The molecule has 0 aliphatic heterocycles. The SMILES string of the molecule is O=C(Nc1ccc(Cl)cc1)c1cnc(NCc2ccc(Cl)cc2)cn1. The Morgan fingerprint density at radius 2 is 1.52 bits per heavy atom. The van der Waals surface area contributed by atoms with Crippen LogP contribution in [0.1, 0.15) is 16.1 Å². The van der Waals surface area contributed by atoms with Crippen molar-refractivity contribution in [3.63, 3.8) is 0 Å². The summed E-state index contributed by atoms with van der Waals surface area (Å²) in [5, 5.41) is 7.17.